The zero-order chi connectivity index (χ0) is 14.4. The van der Waals surface area contributed by atoms with E-state index in [0.29, 0.717) is 13.2 Å². The second-order valence-corrected chi connectivity index (χ2v) is 6.35. The lowest BCUT2D eigenvalue weighted by atomic mass is 9.98. The molecule has 1 unspecified atom stereocenters. The van der Waals surface area contributed by atoms with Crippen molar-refractivity contribution in [1.29, 1.82) is 0 Å². The Hall–Kier alpha value is -1.82. The van der Waals surface area contributed by atoms with Crippen molar-refractivity contribution < 1.29 is 9.53 Å². The molecule has 1 N–H and O–H groups in total. The number of halogens is 1. The first kappa shape index (κ1) is 12.9. The van der Waals surface area contributed by atoms with Crippen LogP contribution in [0.4, 0.5) is 0 Å². The fourth-order valence-corrected chi connectivity index (χ4v) is 3.40. The van der Waals surface area contributed by atoms with Gasteiger partial charge in [0.15, 0.2) is 0 Å². The number of H-pyrrole nitrogens is 1. The van der Waals surface area contributed by atoms with Gasteiger partial charge in [0.1, 0.15) is 18.3 Å². The van der Waals surface area contributed by atoms with Crippen molar-refractivity contribution in [3.8, 4) is 5.75 Å². The third-order valence-electron chi connectivity index (χ3n) is 4.16. The second kappa shape index (κ2) is 4.87. The van der Waals surface area contributed by atoms with Gasteiger partial charge in [-0.1, -0.05) is 15.9 Å². The second-order valence-electron chi connectivity index (χ2n) is 5.43. The van der Waals surface area contributed by atoms with Crippen molar-refractivity contribution in [2.24, 2.45) is 0 Å². The van der Waals surface area contributed by atoms with Crippen molar-refractivity contribution in [3.63, 3.8) is 0 Å². The molecule has 6 heteroatoms. The summed E-state index contributed by atoms with van der Waals surface area (Å²) in [6.45, 7) is 1.79. The Morgan fingerprint density at radius 1 is 1.48 bits per heavy atom. The highest BCUT2D eigenvalue weighted by atomic mass is 79.9. The first-order valence-corrected chi connectivity index (χ1v) is 7.74. The Balaban J connectivity index is 1.59. The van der Waals surface area contributed by atoms with Crippen LogP contribution >= 0.6 is 15.9 Å². The highest BCUT2D eigenvalue weighted by Crippen LogP contribution is 2.37. The summed E-state index contributed by atoms with van der Waals surface area (Å²) in [5.74, 6) is 0.752. The predicted octanol–water partition coefficient (Wildman–Crippen LogP) is 2.23. The number of carbonyl (C=O) groups excluding carboxylic acids is 1. The number of fused-ring (bicyclic) bond motifs is 2. The van der Waals surface area contributed by atoms with Crippen molar-refractivity contribution in [2.75, 3.05) is 13.2 Å². The number of aromatic amines is 1. The summed E-state index contributed by atoms with van der Waals surface area (Å²) in [6, 6.07) is 5.83. The molecule has 2 aliphatic rings. The molecule has 1 aromatic carbocycles. The summed E-state index contributed by atoms with van der Waals surface area (Å²) in [7, 11) is 0. The van der Waals surface area contributed by atoms with Crippen LogP contribution in [0, 0.1) is 0 Å². The molecule has 0 saturated heterocycles. The minimum Gasteiger partial charge on any atom is -0.492 e. The molecule has 4 rings (SSSR count). The number of aromatic nitrogens is 2. The molecule has 0 saturated carbocycles. The molecule has 108 valence electrons. The number of nitrogens with one attached hydrogen (secondary N) is 1. The molecular formula is C15H14BrN3O2. The van der Waals surface area contributed by atoms with E-state index in [2.05, 4.69) is 26.1 Å². The van der Waals surface area contributed by atoms with E-state index >= 15 is 0 Å². The zero-order valence-electron chi connectivity index (χ0n) is 11.3. The maximum atomic E-state index is 12.8. The van der Waals surface area contributed by atoms with Gasteiger partial charge in [-0.15, -0.1) is 0 Å². The molecule has 2 aliphatic heterocycles. The van der Waals surface area contributed by atoms with Gasteiger partial charge in [-0.05, 0) is 18.2 Å². The van der Waals surface area contributed by atoms with E-state index in [1.807, 2.05) is 29.3 Å². The van der Waals surface area contributed by atoms with Crippen LogP contribution in [0.15, 0.2) is 28.9 Å². The number of hydrogen-bond acceptors (Lipinski definition) is 3. The maximum Gasteiger partial charge on any atom is 0.234 e. The fourth-order valence-electron chi connectivity index (χ4n) is 3.02. The van der Waals surface area contributed by atoms with Crippen LogP contribution in [-0.4, -0.2) is 34.2 Å². The Kier molecular flexibility index (Phi) is 2.99. The summed E-state index contributed by atoms with van der Waals surface area (Å²) in [5, 5.41) is 7.04. The number of benzene rings is 1. The van der Waals surface area contributed by atoms with Gasteiger partial charge in [0.05, 0.1) is 6.20 Å². The van der Waals surface area contributed by atoms with Gasteiger partial charge in [-0.2, -0.15) is 5.10 Å². The molecule has 0 aliphatic carbocycles. The number of ether oxygens (including phenoxy) is 1. The summed E-state index contributed by atoms with van der Waals surface area (Å²) >= 11 is 3.46. The van der Waals surface area contributed by atoms with Crippen LogP contribution < -0.4 is 4.74 Å². The van der Waals surface area contributed by atoms with Gasteiger partial charge >= 0.3 is 0 Å². The van der Waals surface area contributed by atoms with Crippen LogP contribution in [0.1, 0.15) is 22.7 Å². The van der Waals surface area contributed by atoms with Crippen LogP contribution in [0.3, 0.4) is 0 Å². The lowest BCUT2D eigenvalue weighted by molar-refractivity contribution is -0.134. The van der Waals surface area contributed by atoms with E-state index in [1.54, 1.807) is 0 Å². The van der Waals surface area contributed by atoms with Gasteiger partial charge in [0.25, 0.3) is 0 Å². The van der Waals surface area contributed by atoms with E-state index in [9.17, 15) is 4.79 Å². The molecule has 1 atom stereocenters. The Labute approximate surface area is 130 Å². The molecule has 3 heterocycles. The quantitative estimate of drug-likeness (QED) is 0.860. The zero-order valence-corrected chi connectivity index (χ0v) is 12.9. The lowest BCUT2D eigenvalue weighted by Gasteiger charge is -2.28. The minimum atomic E-state index is -0.203. The van der Waals surface area contributed by atoms with Crippen molar-refractivity contribution in [3.05, 3.63) is 45.7 Å². The van der Waals surface area contributed by atoms with E-state index in [-0.39, 0.29) is 11.8 Å². The maximum absolute atomic E-state index is 12.8. The molecule has 21 heavy (non-hydrogen) atoms. The van der Waals surface area contributed by atoms with Crippen molar-refractivity contribution >= 4 is 21.8 Å². The first-order valence-electron chi connectivity index (χ1n) is 6.94. The number of amides is 1. The third kappa shape index (κ3) is 2.14. The summed E-state index contributed by atoms with van der Waals surface area (Å²) in [5.41, 5.74) is 3.24. The predicted molar refractivity (Wildman–Crippen MR) is 80.1 cm³/mol. The number of hydrogen-bond donors (Lipinski definition) is 1. The van der Waals surface area contributed by atoms with Gasteiger partial charge in [-0.3, -0.25) is 9.89 Å². The smallest absolute Gasteiger partial charge is 0.234 e. The number of carbonyl (C=O) groups is 1. The molecular weight excluding hydrogens is 334 g/mol. The molecule has 2 aromatic rings. The van der Waals surface area contributed by atoms with Crippen molar-refractivity contribution in [1.82, 2.24) is 15.1 Å². The van der Waals surface area contributed by atoms with Gasteiger partial charge in [0.2, 0.25) is 5.91 Å². The fraction of sp³-hybridized carbons (Fsp3) is 0.333. The van der Waals surface area contributed by atoms with Crippen LogP contribution in [0.25, 0.3) is 0 Å². The molecule has 1 aromatic heterocycles. The average Bonchev–Trinajstić information content (AvgIpc) is 3.11. The lowest BCUT2D eigenvalue weighted by Crippen LogP contribution is -2.39. The largest absolute Gasteiger partial charge is 0.492 e. The molecule has 0 radical (unpaired) electrons. The summed E-state index contributed by atoms with van der Waals surface area (Å²) in [4.78, 5) is 14.7. The highest BCUT2D eigenvalue weighted by Gasteiger charge is 2.35. The molecule has 0 bridgehead atoms. The van der Waals surface area contributed by atoms with Crippen LogP contribution in [0.5, 0.6) is 5.75 Å². The summed E-state index contributed by atoms with van der Waals surface area (Å²) < 4.78 is 6.62. The Morgan fingerprint density at radius 3 is 3.29 bits per heavy atom. The van der Waals surface area contributed by atoms with Gasteiger partial charge in [-0.25, -0.2) is 0 Å². The standard InChI is InChI=1S/C15H14BrN3O2/c16-10-1-2-14-11(5-10)12(8-21-14)15(20)19-4-3-13-9(7-19)6-17-18-13/h1-2,5-6,12H,3-4,7-8H2,(H,17,18). The SMILES string of the molecule is O=C(C1COc2ccc(Br)cc21)N1CCc2[nH]ncc2C1. The Morgan fingerprint density at radius 2 is 2.38 bits per heavy atom. The van der Waals surface area contributed by atoms with Crippen molar-refractivity contribution in [2.45, 2.75) is 18.9 Å². The molecule has 0 fully saturated rings. The van der Waals surface area contributed by atoms with Gasteiger partial charge < -0.3 is 9.64 Å². The van der Waals surface area contributed by atoms with E-state index < -0.39 is 0 Å². The topological polar surface area (TPSA) is 58.2 Å². The average molecular weight is 348 g/mol. The van der Waals surface area contributed by atoms with Gasteiger partial charge in [0, 0.05) is 40.8 Å². The molecule has 1 amide bonds. The van der Waals surface area contributed by atoms with Crippen LogP contribution in [-0.2, 0) is 17.8 Å². The normalized spacial score (nSPS) is 19.9. The number of nitrogens with zero attached hydrogens (tertiary/aromatic N) is 2. The monoisotopic (exact) mass is 347 g/mol. The molecule has 0 spiro atoms. The molecule has 5 nitrogen and oxygen atoms in total. The number of rotatable bonds is 1. The highest BCUT2D eigenvalue weighted by molar-refractivity contribution is 9.10. The third-order valence-corrected chi connectivity index (χ3v) is 4.66. The first-order chi connectivity index (χ1) is 10.2. The van der Waals surface area contributed by atoms with E-state index in [4.69, 9.17) is 4.74 Å². The van der Waals surface area contributed by atoms with E-state index in [1.165, 1.54) is 0 Å². The Bertz CT molecular complexity index is 713. The minimum absolute atomic E-state index is 0.138. The van der Waals surface area contributed by atoms with Crippen LogP contribution in [0.2, 0.25) is 0 Å². The van der Waals surface area contributed by atoms with E-state index in [0.717, 1.165) is 40.0 Å². The summed E-state index contributed by atoms with van der Waals surface area (Å²) in [6.07, 6.45) is 2.64.